The zero-order valence-corrected chi connectivity index (χ0v) is 15.1. The molecule has 1 aromatic carbocycles. The van der Waals surface area contributed by atoms with Crippen molar-refractivity contribution in [2.24, 2.45) is 0 Å². The van der Waals surface area contributed by atoms with Crippen molar-refractivity contribution >= 4 is 17.5 Å². The van der Waals surface area contributed by atoms with Crippen LogP contribution in [-0.2, 0) is 4.79 Å². The van der Waals surface area contributed by atoms with Crippen molar-refractivity contribution < 1.29 is 9.53 Å². The molecule has 1 saturated carbocycles. The van der Waals surface area contributed by atoms with Gasteiger partial charge in [0.15, 0.2) is 6.10 Å². The van der Waals surface area contributed by atoms with Crippen molar-refractivity contribution in [2.75, 3.05) is 13.1 Å². The topological polar surface area (TPSA) is 41.6 Å². The van der Waals surface area contributed by atoms with Gasteiger partial charge in [-0.3, -0.25) is 9.69 Å². The van der Waals surface area contributed by atoms with E-state index in [0.29, 0.717) is 16.8 Å². The number of rotatable bonds is 5. The standard InChI is InChI=1S/C19H27ClN2O2/c1-14(24-16-10-8-15(20)9-11-16)19(23)21-17-6-2-3-7-18(17)22-12-4-5-13-22/h8-11,14,17-18H,2-7,12-13H2,1H3,(H,21,23). The predicted molar refractivity (Wildman–Crippen MR) is 96.5 cm³/mol. The fourth-order valence-corrected chi connectivity index (χ4v) is 3.99. The highest BCUT2D eigenvalue weighted by molar-refractivity contribution is 6.30. The second kappa shape index (κ2) is 8.21. The second-order valence-electron chi connectivity index (χ2n) is 6.92. The smallest absolute Gasteiger partial charge is 0.261 e. The Labute approximate surface area is 149 Å². The lowest BCUT2D eigenvalue weighted by Gasteiger charge is -2.38. The number of carbonyl (C=O) groups is 1. The Morgan fingerprint density at radius 2 is 1.83 bits per heavy atom. The van der Waals surface area contributed by atoms with Crippen LogP contribution in [0.4, 0.5) is 0 Å². The summed E-state index contributed by atoms with van der Waals surface area (Å²) in [5.41, 5.74) is 0. The molecule has 0 radical (unpaired) electrons. The van der Waals surface area contributed by atoms with Gasteiger partial charge in [0, 0.05) is 17.1 Å². The van der Waals surface area contributed by atoms with Crippen LogP contribution < -0.4 is 10.1 Å². The number of halogens is 1. The Bertz CT molecular complexity index is 543. The van der Waals surface area contributed by atoms with E-state index in [1.165, 1.54) is 45.2 Å². The molecule has 1 aliphatic heterocycles. The molecule has 1 saturated heterocycles. The highest BCUT2D eigenvalue weighted by atomic mass is 35.5. The summed E-state index contributed by atoms with van der Waals surface area (Å²) in [5, 5.41) is 3.91. The highest BCUT2D eigenvalue weighted by Gasteiger charge is 2.33. The molecule has 2 fully saturated rings. The van der Waals surface area contributed by atoms with E-state index in [1.54, 1.807) is 31.2 Å². The first kappa shape index (κ1) is 17.6. The van der Waals surface area contributed by atoms with E-state index in [1.807, 2.05) is 0 Å². The summed E-state index contributed by atoms with van der Waals surface area (Å²) >= 11 is 5.88. The summed E-state index contributed by atoms with van der Waals surface area (Å²) in [5.74, 6) is 0.642. The molecule has 5 heteroatoms. The highest BCUT2D eigenvalue weighted by Crippen LogP contribution is 2.26. The first-order valence-corrected chi connectivity index (χ1v) is 9.48. The van der Waals surface area contributed by atoms with Crippen LogP contribution in [0.25, 0.3) is 0 Å². The van der Waals surface area contributed by atoms with Crippen LogP contribution in [-0.4, -0.2) is 42.1 Å². The van der Waals surface area contributed by atoms with E-state index >= 15 is 0 Å². The molecule has 3 rings (SSSR count). The van der Waals surface area contributed by atoms with Gasteiger partial charge in [-0.05, 0) is 70.0 Å². The average Bonchev–Trinajstić information content (AvgIpc) is 3.11. The molecule has 3 unspecified atom stereocenters. The minimum Gasteiger partial charge on any atom is -0.481 e. The molecule has 1 aliphatic carbocycles. The van der Waals surface area contributed by atoms with Crippen LogP contribution >= 0.6 is 11.6 Å². The Morgan fingerprint density at radius 3 is 2.54 bits per heavy atom. The quantitative estimate of drug-likeness (QED) is 0.881. The largest absolute Gasteiger partial charge is 0.481 e. The summed E-state index contributed by atoms with van der Waals surface area (Å²) in [6, 6.07) is 7.87. The lowest BCUT2D eigenvalue weighted by atomic mass is 9.89. The van der Waals surface area contributed by atoms with E-state index in [4.69, 9.17) is 16.3 Å². The summed E-state index contributed by atoms with van der Waals surface area (Å²) in [7, 11) is 0. The van der Waals surface area contributed by atoms with Gasteiger partial charge < -0.3 is 10.1 Å². The zero-order chi connectivity index (χ0) is 16.9. The summed E-state index contributed by atoms with van der Waals surface area (Å²) < 4.78 is 5.75. The van der Waals surface area contributed by atoms with Gasteiger partial charge in [0.25, 0.3) is 5.91 Å². The molecule has 132 valence electrons. The molecule has 0 aromatic heterocycles. The molecule has 0 spiro atoms. The molecule has 2 aliphatic rings. The number of carbonyl (C=O) groups excluding carboxylic acids is 1. The number of ether oxygens (including phenoxy) is 1. The minimum atomic E-state index is -0.507. The van der Waals surface area contributed by atoms with Gasteiger partial charge in [0.2, 0.25) is 0 Å². The lowest BCUT2D eigenvalue weighted by Crippen LogP contribution is -2.54. The third-order valence-corrected chi connectivity index (χ3v) is 5.41. The van der Waals surface area contributed by atoms with Crippen LogP contribution in [0, 0.1) is 0 Å². The third kappa shape index (κ3) is 4.42. The van der Waals surface area contributed by atoms with Crippen LogP contribution in [0.1, 0.15) is 45.4 Å². The predicted octanol–water partition coefficient (Wildman–Crippen LogP) is 3.63. The van der Waals surface area contributed by atoms with E-state index in [9.17, 15) is 4.79 Å². The maximum absolute atomic E-state index is 12.6. The summed E-state index contributed by atoms with van der Waals surface area (Å²) in [6.45, 7) is 4.15. The second-order valence-corrected chi connectivity index (χ2v) is 7.36. The first-order valence-electron chi connectivity index (χ1n) is 9.10. The number of amides is 1. The van der Waals surface area contributed by atoms with Crippen molar-refractivity contribution in [3.63, 3.8) is 0 Å². The molecule has 1 aromatic rings. The number of nitrogens with zero attached hydrogens (tertiary/aromatic N) is 1. The molecule has 1 N–H and O–H groups in total. The summed E-state index contributed by atoms with van der Waals surface area (Å²) in [6.07, 6.45) is 6.79. The fraction of sp³-hybridized carbons (Fsp3) is 0.632. The minimum absolute atomic E-state index is 0.0268. The third-order valence-electron chi connectivity index (χ3n) is 5.16. The van der Waals surface area contributed by atoms with Crippen molar-refractivity contribution in [1.29, 1.82) is 0 Å². The number of nitrogens with one attached hydrogen (secondary N) is 1. The monoisotopic (exact) mass is 350 g/mol. The number of hydrogen-bond acceptors (Lipinski definition) is 3. The van der Waals surface area contributed by atoms with Gasteiger partial charge in [-0.15, -0.1) is 0 Å². The van der Waals surface area contributed by atoms with E-state index in [2.05, 4.69) is 10.2 Å². The SMILES string of the molecule is CC(Oc1ccc(Cl)cc1)C(=O)NC1CCCCC1N1CCCC1. The fourth-order valence-electron chi connectivity index (χ4n) is 3.86. The van der Waals surface area contributed by atoms with E-state index < -0.39 is 6.10 Å². The van der Waals surface area contributed by atoms with Crippen molar-refractivity contribution in [3.05, 3.63) is 29.3 Å². The van der Waals surface area contributed by atoms with E-state index in [-0.39, 0.29) is 11.9 Å². The Kier molecular flexibility index (Phi) is 6.01. The lowest BCUT2D eigenvalue weighted by molar-refractivity contribution is -0.128. The maximum atomic E-state index is 12.6. The van der Waals surface area contributed by atoms with Gasteiger partial charge >= 0.3 is 0 Å². The van der Waals surface area contributed by atoms with Crippen LogP contribution in [0.3, 0.4) is 0 Å². The van der Waals surface area contributed by atoms with Gasteiger partial charge in [0.05, 0.1) is 0 Å². The zero-order valence-electron chi connectivity index (χ0n) is 14.3. The van der Waals surface area contributed by atoms with Gasteiger partial charge in [-0.25, -0.2) is 0 Å². The molecule has 3 atom stereocenters. The van der Waals surface area contributed by atoms with Crippen molar-refractivity contribution in [1.82, 2.24) is 10.2 Å². The molecule has 4 nitrogen and oxygen atoms in total. The summed E-state index contributed by atoms with van der Waals surface area (Å²) in [4.78, 5) is 15.1. The first-order chi connectivity index (χ1) is 11.6. The maximum Gasteiger partial charge on any atom is 0.261 e. The normalized spacial score (nSPS) is 26.1. The van der Waals surface area contributed by atoms with Crippen molar-refractivity contribution in [3.8, 4) is 5.75 Å². The number of hydrogen-bond donors (Lipinski definition) is 1. The van der Waals surface area contributed by atoms with Crippen LogP contribution in [0.15, 0.2) is 24.3 Å². The van der Waals surface area contributed by atoms with Gasteiger partial charge in [-0.2, -0.15) is 0 Å². The van der Waals surface area contributed by atoms with Crippen LogP contribution in [0.5, 0.6) is 5.75 Å². The molecule has 1 heterocycles. The van der Waals surface area contributed by atoms with Gasteiger partial charge in [-0.1, -0.05) is 24.4 Å². The average molecular weight is 351 g/mol. The molecule has 24 heavy (non-hydrogen) atoms. The number of likely N-dealkylation sites (tertiary alicyclic amines) is 1. The molecule has 0 bridgehead atoms. The van der Waals surface area contributed by atoms with Crippen molar-refractivity contribution in [2.45, 2.75) is 63.6 Å². The molecular weight excluding hydrogens is 324 g/mol. The molecule has 1 amide bonds. The number of benzene rings is 1. The Morgan fingerprint density at radius 1 is 1.17 bits per heavy atom. The van der Waals surface area contributed by atoms with E-state index in [0.717, 1.165) is 6.42 Å². The Hall–Kier alpha value is -1.26. The molecular formula is C19H27ClN2O2. The Balaban J connectivity index is 1.56. The van der Waals surface area contributed by atoms with Gasteiger partial charge in [0.1, 0.15) is 5.75 Å². The van der Waals surface area contributed by atoms with Crippen LogP contribution in [0.2, 0.25) is 5.02 Å².